The molecule has 8 nitrogen and oxygen atoms in total. The number of hydrogen-bond donors (Lipinski definition) is 2. The number of nitriles is 1. The summed E-state index contributed by atoms with van der Waals surface area (Å²) in [5, 5.41) is 16.6. The number of aromatic nitrogens is 2. The second kappa shape index (κ2) is 11.5. The fraction of sp³-hybridized carbons (Fsp3) is 0.261. The quantitative estimate of drug-likeness (QED) is 0.446. The molecule has 0 aliphatic heterocycles. The van der Waals surface area contributed by atoms with Crippen LogP contribution in [0.25, 0.3) is 5.69 Å². The van der Waals surface area contributed by atoms with Crippen LogP contribution in [0, 0.1) is 17.1 Å². The number of nitrogens with one attached hydrogen (secondary N) is 1. The maximum Gasteiger partial charge on any atom is 0.246 e. The lowest BCUT2D eigenvalue weighted by molar-refractivity contribution is -0.125. The molecule has 0 aliphatic rings. The van der Waals surface area contributed by atoms with Gasteiger partial charge in [0.25, 0.3) is 0 Å². The van der Waals surface area contributed by atoms with Crippen LogP contribution in [0.15, 0.2) is 54.6 Å². The molecule has 0 radical (unpaired) electrons. The van der Waals surface area contributed by atoms with Crippen molar-refractivity contribution >= 4 is 11.7 Å². The summed E-state index contributed by atoms with van der Waals surface area (Å²) in [5.41, 5.74) is 7.41. The van der Waals surface area contributed by atoms with E-state index in [-0.39, 0.29) is 29.7 Å². The van der Waals surface area contributed by atoms with Crippen LogP contribution in [0.1, 0.15) is 17.7 Å². The first-order valence-electron chi connectivity index (χ1n) is 10.1. The van der Waals surface area contributed by atoms with Crippen molar-refractivity contribution in [1.29, 1.82) is 5.26 Å². The van der Waals surface area contributed by atoms with Crippen molar-refractivity contribution in [1.82, 2.24) is 15.1 Å². The number of para-hydroxylation sites is 1. The Balaban J connectivity index is 1.38. The van der Waals surface area contributed by atoms with Gasteiger partial charge in [-0.1, -0.05) is 18.2 Å². The van der Waals surface area contributed by atoms with E-state index in [0.29, 0.717) is 44.0 Å². The number of nitrogen functional groups attached to an aromatic ring is 1. The largest absolute Gasteiger partial charge is 0.491 e. The van der Waals surface area contributed by atoms with Crippen molar-refractivity contribution in [2.75, 3.05) is 32.1 Å². The second-order valence-corrected chi connectivity index (χ2v) is 6.87. The first-order valence-corrected chi connectivity index (χ1v) is 10.1. The number of hydrogen-bond acceptors (Lipinski definition) is 6. The van der Waals surface area contributed by atoms with Crippen molar-refractivity contribution < 1.29 is 18.7 Å². The monoisotopic (exact) mass is 437 g/mol. The highest BCUT2D eigenvalue weighted by Crippen LogP contribution is 2.21. The van der Waals surface area contributed by atoms with Gasteiger partial charge in [0.15, 0.2) is 0 Å². The number of carbonyl (C=O) groups excluding carboxylic acids is 1. The molecule has 0 saturated carbocycles. The Morgan fingerprint density at radius 1 is 1.16 bits per heavy atom. The third-order valence-electron chi connectivity index (χ3n) is 4.56. The molecule has 0 atom stereocenters. The highest BCUT2D eigenvalue weighted by atomic mass is 19.1. The number of amides is 1. The minimum absolute atomic E-state index is 0.0618. The van der Waals surface area contributed by atoms with E-state index in [1.807, 2.05) is 30.3 Å². The summed E-state index contributed by atoms with van der Waals surface area (Å²) < 4.78 is 25.4. The predicted molar refractivity (Wildman–Crippen MR) is 117 cm³/mol. The minimum atomic E-state index is -0.372. The number of halogens is 1. The minimum Gasteiger partial charge on any atom is -0.491 e. The van der Waals surface area contributed by atoms with E-state index in [2.05, 4.69) is 16.5 Å². The maximum atomic E-state index is 13.1. The van der Waals surface area contributed by atoms with Crippen molar-refractivity contribution in [3.05, 3.63) is 71.7 Å². The van der Waals surface area contributed by atoms with Crippen LogP contribution in [-0.4, -0.2) is 42.1 Å². The average Bonchev–Trinajstić information content (AvgIpc) is 3.12. The van der Waals surface area contributed by atoms with Crippen LogP contribution in [0.2, 0.25) is 0 Å². The maximum absolute atomic E-state index is 13.1. The zero-order chi connectivity index (χ0) is 22.8. The number of rotatable bonds is 11. The summed E-state index contributed by atoms with van der Waals surface area (Å²) in [5.74, 6) is 0.342. The topological polar surface area (TPSA) is 115 Å². The van der Waals surface area contributed by atoms with Gasteiger partial charge in [-0.3, -0.25) is 4.79 Å². The summed E-state index contributed by atoms with van der Waals surface area (Å²) >= 11 is 0. The van der Waals surface area contributed by atoms with Gasteiger partial charge in [0.2, 0.25) is 5.91 Å². The van der Waals surface area contributed by atoms with E-state index in [9.17, 15) is 14.4 Å². The zero-order valence-corrected chi connectivity index (χ0v) is 17.5. The number of benzene rings is 2. The second-order valence-electron chi connectivity index (χ2n) is 6.87. The van der Waals surface area contributed by atoms with Gasteiger partial charge in [-0.15, -0.1) is 0 Å². The molecule has 3 N–H and O–H groups in total. The van der Waals surface area contributed by atoms with Gasteiger partial charge in [-0.25, -0.2) is 9.07 Å². The van der Waals surface area contributed by atoms with Crippen LogP contribution in [0.5, 0.6) is 5.75 Å². The van der Waals surface area contributed by atoms with E-state index in [4.69, 9.17) is 15.2 Å². The summed E-state index contributed by atoms with van der Waals surface area (Å²) in [4.78, 5) is 11.9. The van der Waals surface area contributed by atoms with Gasteiger partial charge < -0.3 is 20.5 Å². The molecule has 0 saturated heterocycles. The summed E-state index contributed by atoms with van der Waals surface area (Å²) in [6, 6.07) is 17.1. The Morgan fingerprint density at radius 2 is 1.91 bits per heavy atom. The van der Waals surface area contributed by atoms with Crippen LogP contribution in [0.4, 0.5) is 10.2 Å². The molecule has 1 amide bonds. The van der Waals surface area contributed by atoms with Gasteiger partial charge >= 0.3 is 0 Å². The lowest BCUT2D eigenvalue weighted by atomic mass is 10.1. The van der Waals surface area contributed by atoms with E-state index < -0.39 is 0 Å². The fourth-order valence-corrected chi connectivity index (χ4v) is 2.99. The molecule has 0 fully saturated rings. The number of aryl methyl sites for hydroxylation is 1. The lowest BCUT2D eigenvalue weighted by Crippen LogP contribution is -2.29. The van der Waals surface area contributed by atoms with Gasteiger partial charge in [-0.2, -0.15) is 10.4 Å². The van der Waals surface area contributed by atoms with Crippen molar-refractivity contribution in [3.8, 4) is 17.5 Å². The number of ether oxygens (including phenoxy) is 2. The van der Waals surface area contributed by atoms with Gasteiger partial charge in [0.1, 0.15) is 42.2 Å². The molecule has 0 bridgehead atoms. The Bertz CT molecular complexity index is 1060. The molecule has 2 aromatic carbocycles. The van der Waals surface area contributed by atoms with Crippen LogP contribution in [-0.2, 0) is 16.0 Å². The Kier molecular flexibility index (Phi) is 8.17. The van der Waals surface area contributed by atoms with E-state index in [1.165, 1.54) is 28.9 Å². The SMILES string of the molecule is N#Cc1c(CCCNC(=O)COCCOc2ccccc2)nn(-c2ccc(F)cc2)c1N. The molecule has 0 aliphatic carbocycles. The molecule has 1 aromatic heterocycles. The fourth-order valence-electron chi connectivity index (χ4n) is 2.99. The van der Waals surface area contributed by atoms with Crippen molar-refractivity contribution in [3.63, 3.8) is 0 Å². The highest BCUT2D eigenvalue weighted by Gasteiger charge is 2.16. The Hall–Kier alpha value is -3.90. The Morgan fingerprint density at radius 3 is 2.62 bits per heavy atom. The van der Waals surface area contributed by atoms with E-state index in [0.717, 1.165) is 5.75 Å². The predicted octanol–water partition coefficient (Wildman–Crippen LogP) is 2.61. The molecule has 0 spiro atoms. The smallest absolute Gasteiger partial charge is 0.246 e. The van der Waals surface area contributed by atoms with Gasteiger partial charge in [0.05, 0.1) is 18.0 Å². The molecule has 166 valence electrons. The molecule has 1 heterocycles. The van der Waals surface area contributed by atoms with Crippen LogP contribution < -0.4 is 15.8 Å². The van der Waals surface area contributed by atoms with Crippen molar-refractivity contribution in [2.24, 2.45) is 0 Å². The third-order valence-corrected chi connectivity index (χ3v) is 4.56. The number of nitrogens with two attached hydrogens (primary N) is 1. The molecular formula is C23H24FN5O3. The zero-order valence-electron chi connectivity index (χ0n) is 17.5. The molecule has 9 heteroatoms. The molecule has 0 unspecified atom stereocenters. The number of nitrogens with zero attached hydrogens (tertiary/aromatic N) is 3. The summed E-state index contributed by atoms with van der Waals surface area (Å²) in [6.45, 7) is 0.991. The number of anilines is 1. The molecule has 32 heavy (non-hydrogen) atoms. The van der Waals surface area contributed by atoms with Gasteiger partial charge in [0, 0.05) is 6.54 Å². The molecule has 3 aromatic rings. The lowest BCUT2D eigenvalue weighted by Gasteiger charge is -2.07. The van der Waals surface area contributed by atoms with E-state index in [1.54, 1.807) is 0 Å². The third kappa shape index (κ3) is 6.30. The standard InChI is InChI=1S/C23H24FN5O3/c24-17-8-10-18(11-9-17)29-23(26)20(15-25)21(28-29)7-4-12-27-22(30)16-31-13-14-32-19-5-2-1-3-6-19/h1-3,5-6,8-11H,4,7,12-14,16,26H2,(H,27,30). The van der Waals surface area contributed by atoms with E-state index >= 15 is 0 Å². The average molecular weight is 437 g/mol. The Labute approximate surface area is 185 Å². The number of carbonyl (C=O) groups is 1. The van der Waals surface area contributed by atoms with Crippen molar-refractivity contribution in [2.45, 2.75) is 12.8 Å². The van der Waals surface area contributed by atoms with Crippen LogP contribution >= 0.6 is 0 Å². The van der Waals surface area contributed by atoms with Gasteiger partial charge in [-0.05, 0) is 49.2 Å². The van der Waals surface area contributed by atoms with Crippen LogP contribution in [0.3, 0.4) is 0 Å². The summed E-state index contributed by atoms with van der Waals surface area (Å²) in [7, 11) is 0. The molecule has 3 rings (SSSR count). The normalized spacial score (nSPS) is 10.5. The first kappa shape index (κ1) is 22.8. The molecular weight excluding hydrogens is 413 g/mol. The first-order chi connectivity index (χ1) is 15.6. The highest BCUT2D eigenvalue weighted by molar-refractivity contribution is 5.77. The summed E-state index contributed by atoms with van der Waals surface area (Å²) in [6.07, 6.45) is 1.02.